The fourth-order valence-corrected chi connectivity index (χ4v) is 2.78. The van der Waals surface area contributed by atoms with E-state index >= 15 is 0 Å². The molecule has 1 N–H and O–H groups in total. The molecule has 2 aromatic rings. The summed E-state index contributed by atoms with van der Waals surface area (Å²) in [6, 6.07) is 6.62. The van der Waals surface area contributed by atoms with Crippen LogP contribution in [0, 0.1) is 11.6 Å². The second-order valence-electron chi connectivity index (χ2n) is 6.66. The van der Waals surface area contributed by atoms with Crippen LogP contribution in [0.15, 0.2) is 78.4 Å². The number of halogens is 2. The zero-order valence-electron chi connectivity index (χ0n) is 17.4. The van der Waals surface area contributed by atoms with Crippen molar-refractivity contribution in [1.82, 2.24) is 4.98 Å². The number of nitrogens with one attached hydrogen (secondary N) is 1. The SMILES string of the molecule is C=COC(=C\C)/C(C)=C/C(=C(C)C)c1ccc(NC(=O)c2c(F)cccc2F)cn1. The number of carbonyl (C=O) groups excluding carboxylic acids is 1. The van der Waals surface area contributed by atoms with Crippen LogP contribution in [-0.4, -0.2) is 10.9 Å². The van der Waals surface area contributed by atoms with Gasteiger partial charge in [0.05, 0.1) is 23.8 Å². The van der Waals surface area contributed by atoms with Crippen LogP contribution < -0.4 is 5.32 Å². The Kier molecular flexibility index (Phi) is 7.81. The first-order chi connectivity index (χ1) is 14.3. The Morgan fingerprint density at radius 1 is 1.13 bits per heavy atom. The second kappa shape index (κ2) is 10.3. The maximum absolute atomic E-state index is 13.8. The molecule has 0 saturated carbocycles. The van der Waals surface area contributed by atoms with Gasteiger partial charge in [-0.3, -0.25) is 9.78 Å². The van der Waals surface area contributed by atoms with Crippen LogP contribution in [0.2, 0.25) is 0 Å². The summed E-state index contributed by atoms with van der Waals surface area (Å²) in [5.41, 5.74) is 3.18. The van der Waals surface area contributed by atoms with E-state index in [1.54, 1.807) is 12.1 Å². The summed E-state index contributed by atoms with van der Waals surface area (Å²) in [5.74, 6) is -2.05. The topological polar surface area (TPSA) is 51.2 Å². The average molecular weight is 410 g/mol. The van der Waals surface area contributed by atoms with Crippen molar-refractivity contribution in [1.29, 1.82) is 0 Å². The van der Waals surface area contributed by atoms with Crippen LogP contribution in [0.25, 0.3) is 5.57 Å². The minimum Gasteiger partial charge on any atom is -0.466 e. The van der Waals surface area contributed by atoms with E-state index in [0.717, 1.165) is 28.9 Å². The zero-order valence-corrected chi connectivity index (χ0v) is 17.4. The number of nitrogens with zero attached hydrogens (tertiary/aromatic N) is 1. The summed E-state index contributed by atoms with van der Waals surface area (Å²) in [5, 5.41) is 2.47. The molecule has 0 radical (unpaired) electrons. The fraction of sp³-hybridized carbons (Fsp3) is 0.167. The Hall–Kier alpha value is -3.54. The molecule has 0 fully saturated rings. The van der Waals surface area contributed by atoms with E-state index in [9.17, 15) is 13.6 Å². The van der Waals surface area contributed by atoms with Gasteiger partial charge in [-0.05, 0) is 75.3 Å². The first-order valence-corrected chi connectivity index (χ1v) is 9.30. The third-order valence-electron chi connectivity index (χ3n) is 4.25. The lowest BCUT2D eigenvalue weighted by molar-refractivity contribution is 0.101. The number of rotatable bonds is 7. The highest BCUT2D eigenvalue weighted by Gasteiger charge is 2.17. The second-order valence-corrected chi connectivity index (χ2v) is 6.66. The summed E-state index contributed by atoms with van der Waals surface area (Å²) in [6.45, 7) is 11.3. The molecule has 30 heavy (non-hydrogen) atoms. The Labute approximate surface area is 175 Å². The highest BCUT2D eigenvalue weighted by Crippen LogP contribution is 2.24. The lowest BCUT2D eigenvalue weighted by Crippen LogP contribution is -2.16. The standard InChI is InChI=1S/C24H24F2N2O2/c1-6-22(30-7-2)16(5)13-18(15(3)4)21-12-11-17(14-27-21)28-24(29)23-19(25)9-8-10-20(23)26/h6-14H,2H2,1,3-5H3,(H,28,29)/b16-13+,22-6-. The summed E-state index contributed by atoms with van der Waals surface area (Å²) in [7, 11) is 0. The number of anilines is 1. The van der Waals surface area contributed by atoms with Crippen molar-refractivity contribution in [3.63, 3.8) is 0 Å². The van der Waals surface area contributed by atoms with Gasteiger partial charge >= 0.3 is 0 Å². The van der Waals surface area contributed by atoms with Crippen LogP contribution in [0.1, 0.15) is 43.7 Å². The number of allylic oxidation sites excluding steroid dienone is 5. The van der Waals surface area contributed by atoms with E-state index < -0.39 is 23.1 Å². The van der Waals surface area contributed by atoms with Crippen molar-refractivity contribution >= 4 is 17.2 Å². The number of ether oxygens (including phenoxy) is 1. The predicted octanol–water partition coefficient (Wildman–Crippen LogP) is 6.42. The number of amides is 1. The Morgan fingerprint density at radius 2 is 1.80 bits per heavy atom. The van der Waals surface area contributed by atoms with E-state index in [1.807, 2.05) is 39.8 Å². The Bertz CT molecular complexity index is 1010. The zero-order chi connectivity index (χ0) is 22.3. The molecule has 0 aliphatic heterocycles. The molecule has 156 valence electrons. The Morgan fingerprint density at radius 3 is 2.30 bits per heavy atom. The average Bonchev–Trinajstić information content (AvgIpc) is 2.70. The van der Waals surface area contributed by atoms with Crippen molar-refractivity contribution in [2.24, 2.45) is 0 Å². The summed E-state index contributed by atoms with van der Waals surface area (Å²) < 4.78 is 33.0. The third-order valence-corrected chi connectivity index (χ3v) is 4.25. The molecule has 0 bridgehead atoms. The molecule has 4 nitrogen and oxygen atoms in total. The highest BCUT2D eigenvalue weighted by atomic mass is 19.1. The van der Waals surface area contributed by atoms with Gasteiger partial charge in [-0.25, -0.2) is 8.78 Å². The minimum atomic E-state index is -0.925. The van der Waals surface area contributed by atoms with E-state index in [0.29, 0.717) is 17.1 Å². The van der Waals surface area contributed by atoms with Crippen LogP contribution in [0.4, 0.5) is 14.5 Å². The lowest BCUT2D eigenvalue weighted by atomic mass is 10.0. The number of carbonyl (C=O) groups is 1. The summed E-state index contributed by atoms with van der Waals surface area (Å²) >= 11 is 0. The molecular formula is C24H24F2N2O2. The first kappa shape index (κ1) is 22.7. The molecule has 0 aliphatic rings. The van der Waals surface area contributed by atoms with Crippen LogP contribution in [-0.2, 0) is 4.74 Å². The largest absolute Gasteiger partial charge is 0.466 e. The van der Waals surface area contributed by atoms with E-state index in [-0.39, 0.29) is 0 Å². The van der Waals surface area contributed by atoms with E-state index in [4.69, 9.17) is 4.74 Å². The van der Waals surface area contributed by atoms with Crippen molar-refractivity contribution in [2.45, 2.75) is 27.7 Å². The summed E-state index contributed by atoms with van der Waals surface area (Å²) in [4.78, 5) is 16.6. The monoisotopic (exact) mass is 410 g/mol. The molecule has 0 unspecified atom stereocenters. The van der Waals surface area contributed by atoms with Gasteiger partial charge in [0, 0.05) is 0 Å². The molecule has 6 heteroatoms. The summed E-state index contributed by atoms with van der Waals surface area (Å²) in [6.07, 6.45) is 6.59. The van der Waals surface area contributed by atoms with Gasteiger partial charge in [0.2, 0.25) is 0 Å². The van der Waals surface area contributed by atoms with Gasteiger partial charge in [-0.2, -0.15) is 0 Å². The fourth-order valence-electron chi connectivity index (χ4n) is 2.78. The Balaban J connectivity index is 2.27. The number of hydrogen-bond donors (Lipinski definition) is 1. The molecule has 1 heterocycles. The third kappa shape index (κ3) is 5.50. The van der Waals surface area contributed by atoms with Crippen LogP contribution in [0.3, 0.4) is 0 Å². The lowest BCUT2D eigenvalue weighted by Gasteiger charge is -2.11. The van der Waals surface area contributed by atoms with Crippen LogP contribution >= 0.6 is 0 Å². The molecule has 1 amide bonds. The molecule has 0 saturated heterocycles. The van der Waals surface area contributed by atoms with E-state index in [2.05, 4.69) is 16.9 Å². The van der Waals surface area contributed by atoms with Gasteiger partial charge in [-0.1, -0.05) is 18.2 Å². The first-order valence-electron chi connectivity index (χ1n) is 9.30. The van der Waals surface area contributed by atoms with Crippen molar-refractivity contribution in [2.75, 3.05) is 5.32 Å². The van der Waals surface area contributed by atoms with Gasteiger partial charge in [-0.15, -0.1) is 0 Å². The van der Waals surface area contributed by atoms with Gasteiger partial charge < -0.3 is 10.1 Å². The van der Waals surface area contributed by atoms with Gasteiger partial charge in [0.25, 0.3) is 5.91 Å². The van der Waals surface area contributed by atoms with E-state index in [1.165, 1.54) is 18.5 Å². The van der Waals surface area contributed by atoms with Gasteiger partial charge in [0.15, 0.2) is 0 Å². The minimum absolute atomic E-state index is 0.323. The van der Waals surface area contributed by atoms with Crippen molar-refractivity contribution in [3.8, 4) is 0 Å². The molecule has 0 atom stereocenters. The molecule has 1 aromatic heterocycles. The number of pyridine rings is 1. The molecule has 0 aliphatic carbocycles. The molecule has 2 rings (SSSR count). The quantitative estimate of drug-likeness (QED) is 0.423. The van der Waals surface area contributed by atoms with Gasteiger partial charge in [0.1, 0.15) is 23.0 Å². The highest BCUT2D eigenvalue weighted by molar-refractivity contribution is 6.04. The number of benzene rings is 1. The van der Waals surface area contributed by atoms with Crippen LogP contribution in [0.5, 0.6) is 0 Å². The maximum Gasteiger partial charge on any atom is 0.261 e. The molecule has 0 spiro atoms. The normalized spacial score (nSPS) is 11.7. The molecular weight excluding hydrogens is 386 g/mol. The molecule has 1 aromatic carbocycles. The maximum atomic E-state index is 13.8. The van der Waals surface area contributed by atoms with Crippen molar-refractivity contribution < 1.29 is 18.3 Å². The smallest absolute Gasteiger partial charge is 0.261 e. The number of hydrogen-bond acceptors (Lipinski definition) is 3. The number of aromatic nitrogens is 1. The predicted molar refractivity (Wildman–Crippen MR) is 116 cm³/mol. The van der Waals surface area contributed by atoms with Crippen molar-refractivity contribution in [3.05, 3.63) is 101 Å².